The first kappa shape index (κ1) is 13.7. The Hall–Kier alpha value is -0.730. The summed E-state index contributed by atoms with van der Waals surface area (Å²) in [5, 5.41) is 3.94. The van der Waals surface area contributed by atoms with E-state index in [2.05, 4.69) is 19.2 Å². The van der Waals surface area contributed by atoms with Gasteiger partial charge < -0.3 is 5.32 Å². The molecule has 1 aliphatic rings. The first-order chi connectivity index (χ1) is 8.37. The number of carbonyl (C=O) groups is 1. The molecule has 1 N–H and O–H groups in total. The van der Waals surface area contributed by atoms with Gasteiger partial charge in [-0.25, -0.2) is 0 Å². The fourth-order valence-electron chi connectivity index (χ4n) is 2.47. The molecule has 0 radical (unpaired) electrons. The van der Waals surface area contributed by atoms with E-state index in [9.17, 15) is 4.79 Å². The Morgan fingerprint density at radius 1 is 1.33 bits per heavy atom. The van der Waals surface area contributed by atoms with Crippen LogP contribution in [-0.4, -0.2) is 11.9 Å². The number of nitrogens with one attached hydrogen (secondary N) is 1. The second-order valence-electron chi connectivity index (χ2n) is 5.71. The molecule has 4 heteroatoms. The van der Waals surface area contributed by atoms with Crippen molar-refractivity contribution in [1.29, 1.82) is 0 Å². The Labute approximate surface area is 118 Å². The van der Waals surface area contributed by atoms with E-state index in [0.29, 0.717) is 21.0 Å². The molecular weight excluding hydrogens is 269 g/mol. The van der Waals surface area contributed by atoms with Gasteiger partial charge in [-0.1, -0.05) is 37.0 Å². The highest BCUT2D eigenvalue weighted by Gasteiger charge is 2.31. The summed E-state index contributed by atoms with van der Waals surface area (Å²) < 4.78 is 0. The van der Waals surface area contributed by atoms with Crippen LogP contribution < -0.4 is 5.32 Å². The minimum atomic E-state index is -0.0729. The van der Waals surface area contributed by atoms with Crippen molar-refractivity contribution >= 4 is 29.1 Å². The third-order valence-electron chi connectivity index (χ3n) is 3.49. The molecule has 0 heterocycles. The van der Waals surface area contributed by atoms with Gasteiger partial charge in [0.25, 0.3) is 5.91 Å². The molecule has 1 atom stereocenters. The van der Waals surface area contributed by atoms with Crippen LogP contribution in [-0.2, 0) is 0 Å². The van der Waals surface area contributed by atoms with Gasteiger partial charge in [-0.15, -0.1) is 0 Å². The Morgan fingerprint density at radius 2 is 2.06 bits per heavy atom. The van der Waals surface area contributed by atoms with Gasteiger partial charge in [0.2, 0.25) is 0 Å². The molecule has 18 heavy (non-hydrogen) atoms. The first-order valence-electron chi connectivity index (χ1n) is 6.13. The Bertz CT molecular complexity index is 471. The van der Waals surface area contributed by atoms with Gasteiger partial charge in [0, 0.05) is 11.6 Å². The van der Waals surface area contributed by atoms with Crippen molar-refractivity contribution in [2.75, 3.05) is 0 Å². The van der Waals surface area contributed by atoms with E-state index in [4.69, 9.17) is 23.2 Å². The van der Waals surface area contributed by atoms with Crippen LogP contribution in [0.25, 0.3) is 0 Å². The third kappa shape index (κ3) is 3.18. The van der Waals surface area contributed by atoms with Crippen molar-refractivity contribution in [3.05, 3.63) is 33.8 Å². The van der Waals surface area contributed by atoms with E-state index in [0.717, 1.165) is 19.3 Å². The molecule has 0 saturated heterocycles. The van der Waals surface area contributed by atoms with Crippen molar-refractivity contribution in [2.24, 2.45) is 5.41 Å². The Kier molecular flexibility index (Phi) is 3.88. The van der Waals surface area contributed by atoms with Crippen molar-refractivity contribution < 1.29 is 4.79 Å². The normalized spacial score (nSPS) is 21.9. The number of hydrogen-bond donors (Lipinski definition) is 1. The summed E-state index contributed by atoms with van der Waals surface area (Å²) in [7, 11) is 0. The molecule has 1 amide bonds. The van der Waals surface area contributed by atoms with Crippen LogP contribution in [0.3, 0.4) is 0 Å². The average molecular weight is 286 g/mol. The number of benzene rings is 1. The summed E-state index contributed by atoms with van der Waals surface area (Å²) in [6.45, 7) is 4.47. The van der Waals surface area contributed by atoms with Crippen molar-refractivity contribution in [3.8, 4) is 0 Å². The number of halogens is 2. The van der Waals surface area contributed by atoms with E-state index in [1.807, 2.05) is 0 Å². The molecule has 1 aliphatic carbocycles. The van der Waals surface area contributed by atoms with Crippen LogP contribution in [0.2, 0.25) is 10.0 Å². The fourth-order valence-corrected chi connectivity index (χ4v) is 2.76. The summed E-state index contributed by atoms with van der Waals surface area (Å²) in [5.74, 6) is -0.0729. The molecule has 0 spiro atoms. The highest BCUT2D eigenvalue weighted by Crippen LogP contribution is 2.37. The molecule has 1 fully saturated rings. The van der Waals surface area contributed by atoms with E-state index in [1.54, 1.807) is 18.2 Å². The molecule has 2 nitrogen and oxygen atoms in total. The van der Waals surface area contributed by atoms with Gasteiger partial charge in [-0.2, -0.15) is 0 Å². The number of amides is 1. The van der Waals surface area contributed by atoms with Gasteiger partial charge in [-0.05, 0) is 42.9 Å². The maximum Gasteiger partial charge on any atom is 0.251 e. The van der Waals surface area contributed by atoms with Crippen molar-refractivity contribution in [2.45, 2.75) is 39.2 Å². The number of hydrogen-bond acceptors (Lipinski definition) is 1. The lowest BCUT2D eigenvalue weighted by atomic mass is 9.92. The Morgan fingerprint density at radius 3 is 2.61 bits per heavy atom. The quantitative estimate of drug-likeness (QED) is 0.862. The maximum atomic E-state index is 12.1. The predicted octanol–water partition coefficient (Wildman–Crippen LogP) is 4.30. The minimum Gasteiger partial charge on any atom is -0.349 e. The average Bonchev–Trinajstić information content (AvgIpc) is 2.62. The van der Waals surface area contributed by atoms with Gasteiger partial charge in [0.1, 0.15) is 0 Å². The van der Waals surface area contributed by atoms with Crippen LogP contribution >= 0.6 is 23.2 Å². The standard InChI is InChI=1S/C14H17Cl2NO/c1-14(2)6-5-10(8-14)17-13(18)9-3-4-11(15)12(16)7-9/h3-4,7,10H,5-6,8H2,1-2H3,(H,17,18). The van der Waals surface area contributed by atoms with Crippen LogP contribution in [0.15, 0.2) is 18.2 Å². The lowest BCUT2D eigenvalue weighted by Crippen LogP contribution is -2.33. The summed E-state index contributed by atoms with van der Waals surface area (Å²) in [4.78, 5) is 12.1. The number of carbonyl (C=O) groups excluding carboxylic acids is 1. The summed E-state index contributed by atoms with van der Waals surface area (Å²) in [6, 6.07) is 5.22. The van der Waals surface area contributed by atoms with Gasteiger partial charge in [-0.3, -0.25) is 4.79 Å². The highest BCUT2D eigenvalue weighted by atomic mass is 35.5. The lowest BCUT2D eigenvalue weighted by molar-refractivity contribution is 0.0936. The van der Waals surface area contributed by atoms with Crippen molar-refractivity contribution in [1.82, 2.24) is 5.32 Å². The second kappa shape index (κ2) is 5.10. The van der Waals surface area contributed by atoms with Gasteiger partial charge >= 0.3 is 0 Å². The number of rotatable bonds is 2. The van der Waals surface area contributed by atoms with E-state index >= 15 is 0 Å². The first-order valence-corrected chi connectivity index (χ1v) is 6.89. The largest absolute Gasteiger partial charge is 0.349 e. The van der Waals surface area contributed by atoms with E-state index in [1.165, 1.54) is 0 Å². The smallest absolute Gasteiger partial charge is 0.251 e. The maximum absolute atomic E-state index is 12.1. The van der Waals surface area contributed by atoms with Gasteiger partial charge in [0.15, 0.2) is 0 Å². The van der Waals surface area contributed by atoms with Crippen molar-refractivity contribution in [3.63, 3.8) is 0 Å². The molecule has 1 saturated carbocycles. The summed E-state index contributed by atoms with van der Waals surface area (Å²) >= 11 is 11.7. The van der Waals surface area contributed by atoms with Crippen LogP contribution in [0.5, 0.6) is 0 Å². The van der Waals surface area contributed by atoms with Crippen LogP contribution in [0.1, 0.15) is 43.5 Å². The zero-order chi connectivity index (χ0) is 13.3. The topological polar surface area (TPSA) is 29.1 Å². The zero-order valence-corrected chi connectivity index (χ0v) is 12.1. The second-order valence-corrected chi connectivity index (χ2v) is 6.52. The monoisotopic (exact) mass is 285 g/mol. The third-order valence-corrected chi connectivity index (χ3v) is 4.22. The lowest BCUT2D eigenvalue weighted by Gasteiger charge is -2.18. The molecule has 98 valence electrons. The van der Waals surface area contributed by atoms with Crippen LogP contribution in [0.4, 0.5) is 0 Å². The van der Waals surface area contributed by atoms with E-state index in [-0.39, 0.29) is 11.9 Å². The molecular formula is C14H17Cl2NO. The molecule has 1 unspecified atom stereocenters. The molecule has 0 bridgehead atoms. The predicted molar refractivity (Wildman–Crippen MR) is 75.3 cm³/mol. The zero-order valence-electron chi connectivity index (χ0n) is 10.6. The minimum absolute atomic E-state index is 0.0729. The molecule has 0 aromatic heterocycles. The molecule has 2 rings (SSSR count). The molecule has 0 aliphatic heterocycles. The molecule has 1 aromatic rings. The summed E-state index contributed by atoms with van der Waals surface area (Å²) in [5.41, 5.74) is 0.893. The van der Waals surface area contributed by atoms with E-state index < -0.39 is 0 Å². The van der Waals surface area contributed by atoms with Gasteiger partial charge in [0.05, 0.1) is 10.0 Å². The Balaban J connectivity index is 2.02. The SMILES string of the molecule is CC1(C)CCC(NC(=O)c2ccc(Cl)c(Cl)c2)C1. The fraction of sp³-hybridized carbons (Fsp3) is 0.500. The van der Waals surface area contributed by atoms with Crippen LogP contribution in [0, 0.1) is 5.41 Å². The highest BCUT2D eigenvalue weighted by molar-refractivity contribution is 6.42. The molecule has 1 aromatic carbocycles. The summed E-state index contributed by atoms with van der Waals surface area (Å²) in [6.07, 6.45) is 3.22.